The summed E-state index contributed by atoms with van der Waals surface area (Å²) in [6.45, 7) is 10.1. The van der Waals surface area contributed by atoms with Crippen LogP contribution in [0.1, 0.15) is 52.4 Å². The second-order valence-electron chi connectivity index (χ2n) is 7.91. The van der Waals surface area contributed by atoms with Crippen molar-refractivity contribution >= 4 is 23.7 Å². The van der Waals surface area contributed by atoms with E-state index in [1.54, 1.807) is 0 Å². The van der Waals surface area contributed by atoms with Crippen LogP contribution in [0.5, 0.6) is 0 Å². The van der Waals surface area contributed by atoms with Crippen LogP contribution in [0.4, 0.5) is 0 Å². The topological polar surface area (TPSA) is 108 Å². The minimum Gasteiger partial charge on any atom is -0.355 e. The van der Waals surface area contributed by atoms with Crippen LogP contribution in [0.2, 0.25) is 0 Å². The van der Waals surface area contributed by atoms with E-state index in [1.165, 1.54) is 0 Å². The number of rotatable bonds is 10. The molecule has 1 atom stereocenters. The molecule has 0 saturated carbocycles. The second kappa shape index (κ2) is 10.9. The lowest BCUT2D eigenvalue weighted by molar-refractivity contribution is -0.186. The first-order valence-electron chi connectivity index (χ1n) is 10.3. The van der Waals surface area contributed by atoms with Gasteiger partial charge >= 0.3 is 5.97 Å². The molecule has 1 unspecified atom stereocenters. The van der Waals surface area contributed by atoms with Gasteiger partial charge in [0.05, 0.1) is 18.2 Å². The summed E-state index contributed by atoms with van der Waals surface area (Å²) in [5, 5.41) is 6.36. The van der Waals surface area contributed by atoms with Gasteiger partial charge in [0.1, 0.15) is 0 Å². The van der Waals surface area contributed by atoms with Gasteiger partial charge in [-0.05, 0) is 31.7 Å². The smallest absolute Gasteiger partial charge is 0.334 e. The zero-order valence-corrected chi connectivity index (χ0v) is 17.4. The average molecular weight is 417 g/mol. The van der Waals surface area contributed by atoms with E-state index in [-0.39, 0.29) is 56.1 Å². The molecule has 2 fully saturated rings. The van der Waals surface area contributed by atoms with Crippen LogP contribution in [0.25, 0.3) is 0 Å². The summed E-state index contributed by atoms with van der Waals surface area (Å²) >= 11 is 0. The maximum absolute atomic E-state index is 12.4. The van der Waals surface area contributed by atoms with E-state index in [4.69, 9.17) is 4.84 Å². The van der Waals surface area contributed by atoms with Crippen LogP contribution in [-0.2, 0) is 24.0 Å². The Balaban J connectivity index is 1.58. The number of allylic oxidation sites excluding steroid dienone is 1. The van der Waals surface area contributed by atoms with Gasteiger partial charge in [-0.3, -0.25) is 19.3 Å². The van der Waals surface area contributed by atoms with Crippen molar-refractivity contribution in [3.05, 3.63) is 12.3 Å². The third-order valence-electron chi connectivity index (χ3n) is 4.90. The molecule has 2 heterocycles. The number of amides is 3. The predicted octanol–water partition coefficient (Wildman–Crippen LogP) is 0.714. The molecule has 2 aliphatic rings. The van der Waals surface area contributed by atoms with Gasteiger partial charge in [-0.2, -0.15) is 0 Å². The molecule has 3 amide bonds. The standard InChI is InChI=1S/C20H32N4O5/c1-14(2)13-23-12-4-5-16(23)20(28)22-10-8-17(25)21-11-9-19(27)29-24-15(3)6-7-18(24)26/h14,16H,3-13H2,1-2H3,(H,21,25)(H,22,28)/i1+1,2+1,4+1,5+1,12+1,13+1,16+1,21+1,22+1. The minimum absolute atomic E-state index is 0.0324. The Hall–Kier alpha value is -2.42. The number of nitrogens with one attached hydrogen (secondary N) is 2. The Kier molecular flexibility index (Phi) is 8.63. The van der Waals surface area contributed by atoms with E-state index in [9.17, 15) is 19.2 Å². The molecular weight excluding hydrogens is 385 g/mol. The monoisotopic (exact) mass is 417 g/mol. The number of likely N-dealkylation sites (tertiary alicyclic amines) is 1. The third-order valence-corrected chi connectivity index (χ3v) is 4.90. The van der Waals surface area contributed by atoms with Gasteiger partial charge in [0.2, 0.25) is 11.8 Å². The zero-order valence-electron chi connectivity index (χ0n) is 17.4. The van der Waals surface area contributed by atoms with Crippen molar-refractivity contribution < 1.29 is 24.0 Å². The van der Waals surface area contributed by atoms with Gasteiger partial charge in [0.15, 0.2) is 0 Å². The average Bonchev–Trinajstić information content (AvgIpc) is 3.22. The molecular formula is C20H32N4O5. The van der Waals surface area contributed by atoms with Crippen LogP contribution >= 0.6 is 0 Å². The minimum atomic E-state index is -0.610. The molecule has 2 rings (SSSR count). The SMILES string of the molecule is C=C1CCC(=O)N1OC(=O)CC[15NH]C(=O)CC[15NH]C(=O)[13CH]1[13CH2][13CH2][13CH2]N1[13CH2]C([13CH3])[13CH3]. The first-order valence-corrected chi connectivity index (χ1v) is 10.3. The van der Waals surface area contributed by atoms with Crippen molar-refractivity contribution in [3.63, 3.8) is 0 Å². The molecule has 2 saturated heterocycles. The highest BCUT2D eigenvalue weighted by Crippen LogP contribution is 2.21. The van der Waals surface area contributed by atoms with Crippen LogP contribution < -0.4 is 10.6 Å². The number of hydrogen-bond donors (Lipinski definition) is 2. The fourth-order valence-corrected chi connectivity index (χ4v) is 3.51. The number of carbonyl (C=O) groups excluding carboxylic acids is 4. The summed E-state index contributed by atoms with van der Waals surface area (Å²) in [4.78, 5) is 54.7. The summed E-state index contributed by atoms with van der Waals surface area (Å²) in [5.41, 5.74) is 0.456. The van der Waals surface area contributed by atoms with Crippen molar-refractivity contribution in [1.82, 2.24) is 20.6 Å². The molecule has 0 spiro atoms. The molecule has 0 aromatic carbocycles. The Morgan fingerprint density at radius 2 is 1.90 bits per heavy atom. The lowest BCUT2D eigenvalue weighted by Gasteiger charge is -2.25. The van der Waals surface area contributed by atoms with Gasteiger partial charge < -0.3 is 15.5 Å². The van der Waals surface area contributed by atoms with E-state index in [0.29, 0.717) is 18.0 Å². The summed E-state index contributed by atoms with van der Waals surface area (Å²) in [7, 11) is 0. The van der Waals surface area contributed by atoms with E-state index in [0.717, 1.165) is 31.0 Å². The van der Waals surface area contributed by atoms with Crippen LogP contribution in [0.3, 0.4) is 0 Å². The molecule has 162 valence electrons. The van der Waals surface area contributed by atoms with Crippen LogP contribution in [-0.4, -0.2) is 65.9 Å². The molecule has 0 bridgehead atoms. The summed E-state index contributed by atoms with van der Waals surface area (Å²) in [5.74, 6) is -0.693. The molecule has 0 aromatic rings. The molecule has 2 N–H and O–H groups in total. The number of hydrogen-bond acceptors (Lipinski definition) is 6. The largest absolute Gasteiger partial charge is 0.355 e. The van der Waals surface area contributed by atoms with Gasteiger partial charge in [-0.1, -0.05) is 20.4 Å². The summed E-state index contributed by atoms with van der Waals surface area (Å²) in [6.07, 6.45) is 2.70. The van der Waals surface area contributed by atoms with E-state index in [1.807, 2.05) is 0 Å². The van der Waals surface area contributed by atoms with Crippen molar-refractivity contribution in [2.75, 3.05) is 26.2 Å². The lowest BCUT2D eigenvalue weighted by Crippen LogP contribution is -2.45. The first-order chi connectivity index (χ1) is 13.8. The first kappa shape index (κ1) is 22.9. The van der Waals surface area contributed by atoms with Gasteiger partial charge in [0, 0.05) is 32.5 Å². The number of nitrogens with zero attached hydrogens (tertiary/aromatic N) is 2. The van der Waals surface area contributed by atoms with Crippen LogP contribution in [0.15, 0.2) is 12.3 Å². The highest BCUT2D eigenvalue weighted by Gasteiger charge is 2.30. The van der Waals surface area contributed by atoms with Gasteiger partial charge in [0.25, 0.3) is 5.91 Å². The van der Waals surface area contributed by atoms with Crippen LogP contribution in [0, 0.1) is 5.92 Å². The second-order valence-corrected chi connectivity index (χ2v) is 7.91. The summed E-state index contributed by atoms with van der Waals surface area (Å²) < 4.78 is 0. The molecule has 29 heavy (non-hydrogen) atoms. The Morgan fingerprint density at radius 1 is 1.17 bits per heavy atom. The maximum atomic E-state index is 12.4. The molecule has 9 heteroatoms. The lowest BCUT2D eigenvalue weighted by atomic mass is 10.3. The Bertz CT molecular complexity index is 633. The van der Waals surface area contributed by atoms with E-state index < -0.39 is 5.97 Å². The number of carbonyl (C=O) groups is 4. The van der Waals surface area contributed by atoms with Crippen molar-refractivity contribution in [2.45, 2.75) is 58.4 Å². The molecule has 0 aliphatic carbocycles. The maximum Gasteiger partial charge on any atom is 0.334 e. The van der Waals surface area contributed by atoms with Gasteiger partial charge in [-0.25, -0.2) is 4.79 Å². The predicted molar refractivity (Wildman–Crippen MR) is 106 cm³/mol. The third kappa shape index (κ3) is 7.16. The molecule has 0 aromatic heterocycles. The molecule has 9 nitrogen and oxygen atoms in total. The van der Waals surface area contributed by atoms with Crippen molar-refractivity contribution in [3.8, 4) is 0 Å². The van der Waals surface area contributed by atoms with E-state index in [2.05, 4.69) is 36.0 Å². The normalized spacial score (nSPS) is 19.7. The summed E-state index contributed by atoms with van der Waals surface area (Å²) in [6, 6.07) is -0.113. The highest BCUT2D eigenvalue weighted by molar-refractivity contribution is 5.83. The van der Waals surface area contributed by atoms with Crippen molar-refractivity contribution in [1.29, 1.82) is 0 Å². The Morgan fingerprint density at radius 3 is 2.55 bits per heavy atom. The fraction of sp³-hybridized carbons (Fsp3) is 0.700. The van der Waals surface area contributed by atoms with Gasteiger partial charge in [-0.15, -0.1) is 5.06 Å². The molecule has 2 aliphatic heterocycles. The van der Waals surface area contributed by atoms with E-state index >= 15 is 0 Å². The number of hydroxylamine groups is 2. The molecule has 0 radical (unpaired) electrons. The highest BCUT2D eigenvalue weighted by atomic mass is 16.7. The Labute approximate surface area is 171 Å². The van der Waals surface area contributed by atoms with Crippen molar-refractivity contribution in [2.24, 2.45) is 5.92 Å². The fourth-order valence-electron chi connectivity index (χ4n) is 3.51. The quantitative estimate of drug-likeness (QED) is 0.401. The zero-order chi connectivity index (χ0) is 21.4.